The van der Waals surface area contributed by atoms with E-state index in [4.69, 9.17) is 16.0 Å². The number of hydrogen-bond acceptors (Lipinski definition) is 7. The number of nitrogens with one attached hydrogen (secondary N) is 3. The lowest BCUT2D eigenvalue weighted by Gasteiger charge is -2.41. The maximum atomic E-state index is 9.98. The number of hydrogen-bond donors (Lipinski definition) is 5. The minimum absolute atomic E-state index is 0.0955. The fourth-order valence-electron chi connectivity index (χ4n) is 4.28. The maximum absolute atomic E-state index is 9.98. The Kier molecular flexibility index (Phi) is 6.96. The predicted molar refractivity (Wildman–Crippen MR) is 111 cm³/mol. The molecule has 0 aromatic heterocycles. The largest absolute Gasteiger partial charge is 0.402 e. The topological polar surface area (TPSA) is 119 Å². The first-order valence-corrected chi connectivity index (χ1v) is 10.3. The van der Waals surface area contributed by atoms with Gasteiger partial charge in [0.25, 0.3) is 5.88 Å². The highest BCUT2D eigenvalue weighted by Crippen LogP contribution is 2.25. The van der Waals surface area contributed by atoms with Crippen molar-refractivity contribution in [1.82, 2.24) is 15.7 Å². The molecule has 3 rings (SSSR count). The number of hydroxylamine groups is 1. The summed E-state index contributed by atoms with van der Waals surface area (Å²) in [5, 5.41) is 22.5. The van der Waals surface area contributed by atoms with Crippen molar-refractivity contribution in [2.45, 2.75) is 64.5 Å². The molecule has 1 saturated heterocycles. The van der Waals surface area contributed by atoms with E-state index in [9.17, 15) is 5.11 Å². The zero-order valence-electron chi connectivity index (χ0n) is 17.0. The Labute approximate surface area is 167 Å². The third-order valence-corrected chi connectivity index (χ3v) is 5.76. The van der Waals surface area contributed by atoms with Gasteiger partial charge in [0.15, 0.2) is 0 Å². The fourth-order valence-corrected chi connectivity index (χ4v) is 4.28. The van der Waals surface area contributed by atoms with E-state index in [2.05, 4.69) is 15.8 Å². The van der Waals surface area contributed by atoms with Crippen LogP contribution in [0.15, 0.2) is 28.2 Å². The zero-order chi connectivity index (χ0) is 20.1. The van der Waals surface area contributed by atoms with Gasteiger partial charge in [-0.2, -0.15) is 4.99 Å². The van der Waals surface area contributed by atoms with Crippen LogP contribution in [-0.4, -0.2) is 53.5 Å². The normalized spacial score (nSPS) is 28.5. The first-order valence-electron chi connectivity index (χ1n) is 10.3. The fraction of sp³-hybridized carbons (Fsp3) is 0.700. The number of nitrogens with zero attached hydrogens (tertiary/aromatic N) is 2. The number of nitrogens with two attached hydrogens (primary N) is 1. The van der Waals surface area contributed by atoms with Crippen LogP contribution in [-0.2, 0) is 4.84 Å². The summed E-state index contributed by atoms with van der Waals surface area (Å²) in [6, 6.07) is 0.860. The minimum atomic E-state index is 0.0955. The van der Waals surface area contributed by atoms with Gasteiger partial charge in [0, 0.05) is 43.4 Å². The van der Waals surface area contributed by atoms with E-state index in [1.807, 2.05) is 4.90 Å². The van der Waals surface area contributed by atoms with Gasteiger partial charge in [0.05, 0.1) is 5.57 Å². The van der Waals surface area contributed by atoms with Crippen LogP contribution < -0.4 is 16.5 Å². The molecule has 2 unspecified atom stereocenters. The Hall–Kier alpha value is -2.06. The van der Waals surface area contributed by atoms with Crippen molar-refractivity contribution in [3.05, 3.63) is 23.2 Å². The number of amidine groups is 2. The molecule has 28 heavy (non-hydrogen) atoms. The Morgan fingerprint density at radius 1 is 1.39 bits per heavy atom. The molecule has 1 saturated carbocycles. The molecule has 6 N–H and O–H groups in total. The SMILES string of the molecule is CC1=NC(=C(/C=C(/C)N)C(=N)N2CCC(NC3CCCCC3)C(CO)C2)ON1. The molecular weight excluding hydrogens is 356 g/mol. The van der Waals surface area contributed by atoms with Gasteiger partial charge >= 0.3 is 0 Å². The van der Waals surface area contributed by atoms with Crippen molar-refractivity contribution in [3.63, 3.8) is 0 Å². The van der Waals surface area contributed by atoms with Crippen LogP contribution in [0.2, 0.25) is 0 Å². The standard InChI is InChI=1S/C20H34N6O2/c1-13(21)10-17(20-23-14(2)25-28-20)19(22)26-9-8-18(15(11-26)12-27)24-16-6-4-3-5-7-16/h10,15-16,18,22,24,27H,3-9,11-12,21H2,1-2H3,(H,23,25)/b13-10-,20-17?,22-19?. The lowest BCUT2D eigenvalue weighted by Crippen LogP contribution is -2.54. The highest BCUT2D eigenvalue weighted by molar-refractivity contribution is 5.99. The van der Waals surface area contributed by atoms with Crippen LogP contribution in [0.5, 0.6) is 0 Å². The van der Waals surface area contributed by atoms with Gasteiger partial charge in [-0.15, -0.1) is 0 Å². The minimum Gasteiger partial charge on any atom is -0.402 e. The molecule has 8 nitrogen and oxygen atoms in total. The molecule has 8 heteroatoms. The summed E-state index contributed by atoms with van der Waals surface area (Å²) in [6.07, 6.45) is 9.00. The Bertz CT molecular complexity index is 662. The molecule has 2 heterocycles. The molecule has 2 atom stereocenters. The van der Waals surface area contributed by atoms with Gasteiger partial charge in [-0.25, -0.2) is 5.48 Å². The molecule has 0 amide bonds. The number of aliphatic imine (C=N–C) groups is 1. The Morgan fingerprint density at radius 3 is 2.75 bits per heavy atom. The van der Waals surface area contributed by atoms with E-state index in [1.54, 1.807) is 19.9 Å². The van der Waals surface area contributed by atoms with Crippen LogP contribution in [0.4, 0.5) is 0 Å². The van der Waals surface area contributed by atoms with Crippen LogP contribution in [0.25, 0.3) is 0 Å². The van der Waals surface area contributed by atoms with Crippen molar-refractivity contribution in [3.8, 4) is 0 Å². The summed E-state index contributed by atoms with van der Waals surface area (Å²) in [6.45, 7) is 5.08. The van der Waals surface area contributed by atoms with Gasteiger partial charge in [-0.3, -0.25) is 5.41 Å². The van der Waals surface area contributed by atoms with Gasteiger partial charge < -0.3 is 25.9 Å². The number of aliphatic hydroxyl groups is 1. The second-order valence-electron chi connectivity index (χ2n) is 8.14. The van der Waals surface area contributed by atoms with Gasteiger partial charge in [-0.1, -0.05) is 19.3 Å². The molecule has 0 bridgehead atoms. The first kappa shape index (κ1) is 20.7. The van der Waals surface area contributed by atoms with Crippen LogP contribution in [0.3, 0.4) is 0 Å². The third kappa shape index (κ3) is 5.05. The van der Waals surface area contributed by atoms with E-state index < -0.39 is 0 Å². The molecular formula is C20H34N6O2. The molecule has 0 radical (unpaired) electrons. The molecule has 2 aliphatic heterocycles. The summed E-state index contributed by atoms with van der Waals surface area (Å²) in [7, 11) is 0. The Balaban J connectivity index is 1.69. The lowest BCUT2D eigenvalue weighted by atomic mass is 9.88. The number of allylic oxidation sites excluding steroid dienone is 1. The van der Waals surface area contributed by atoms with Crippen LogP contribution >= 0.6 is 0 Å². The zero-order valence-corrected chi connectivity index (χ0v) is 17.0. The monoisotopic (exact) mass is 390 g/mol. The van der Waals surface area contributed by atoms with Crippen molar-refractivity contribution >= 4 is 11.7 Å². The number of piperidine rings is 1. The van der Waals surface area contributed by atoms with Gasteiger partial charge in [-0.05, 0) is 39.2 Å². The summed E-state index contributed by atoms with van der Waals surface area (Å²) in [5.41, 5.74) is 9.73. The van der Waals surface area contributed by atoms with Crippen molar-refractivity contribution in [2.24, 2.45) is 16.6 Å². The van der Waals surface area contributed by atoms with Crippen LogP contribution in [0, 0.1) is 11.3 Å². The first-order chi connectivity index (χ1) is 13.5. The van der Waals surface area contributed by atoms with E-state index in [0.717, 1.165) is 13.0 Å². The van der Waals surface area contributed by atoms with E-state index in [0.29, 0.717) is 47.5 Å². The van der Waals surface area contributed by atoms with Crippen LogP contribution in [0.1, 0.15) is 52.4 Å². The van der Waals surface area contributed by atoms with E-state index >= 15 is 0 Å². The molecule has 0 aromatic rings. The predicted octanol–water partition coefficient (Wildman–Crippen LogP) is 1.60. The van der Waals surface area contributed by atoms with E-state index in [1.165, 1.54) is 32.1 Å². The van der Waals surface area contributed by atoms with Crippen molar-refractivity contribution in [1.29, 1.82) is 5.41 Å². The number of aliphatic hydroxyl groups excluding tert-OH is 1. The molecule has 0 spiro atoms. The average molecular weight is 391 g/mol. The van der Waals surface area contributed by atoms with Gasteiger partial charge in [0.1, 0.15) is 11.7 Å². The summed E-state index contributed by atoms with van der Waals surface area (Å²) < 4.78 is 0. The molecule has 156 valence electrons. The van der Waals surface area contributed by atoms with Crippen molar-refractivity contribution in [2.75, 3.05) is 19.7 Å². The lowest BCUT2D eigenvalue weighted by molar-refractivity contribution is 0.114. The number of likely N-dealkylation sites (tertiary alicyclic amines) is 1. The second kappa shape index (κ2) is 9.43. The highest BCUT2D eigenvalue weighted by atomic mass is 16.7. The average Bonchev–Trinajstić information content (AvgIpc) is 3.12. The maximum Gasteiger partial charge on any atom is 0.258 e. The van der Waals surface area contributed by atoms with Gasteiger partial charge in [0.2, 0.25) is 0 Å². The summed E-state index contributed by atoms with van der Waals surface area (Å²) in [5.74, 6) is 1.43. The Morgan fingerprint density at radius 2 is 2.14 bits per heavy atom. The molecule has 3 aliphatic rings. The summed E-state index contributed by atoms with van der Waals surface area (Å²) >= 11 is 0. The van der Waals surface area contributed by atoms with Crippen molar-refractivity contribution < 1.29 is 9.94 Å². The smallest absolute Gasteiger partial charge is 0.258 e. The number of rotatable bonds is 5. The molecule has 0 aromatic carbocycles. The summed E-state index contributed by atoms with van der Waals surface area (Å²) in [4.78, 5) is 11.7. The third-order valence-electron chi connectivity index (χ3n) is 5.76. The molecule has 2 fully saturated rings. The quantitative estimate of drug-likeness (QED) is 0.359. The highest BCUT2D eigenvalue weighted by Gasteiger charge is 2.33. The second-order valence-corrected chi connectivity index (χ2v) is 8.14. The molecule has 1 aliphatic carbocycles. The van der Waals surface area contributed by atoms with E-state index in [-0.39, 0.29) is 12.5 Å².